The lowest BCUT2D eigenvalue weighted by atomic mass is 9.94. The maximum atomic E-state index is 12.7. The van der Waals surface area contributed by atoms with Crippen LogP contribution in [0.5, 0.6) is 11.5 Å². The molecule has 1 aliphatic heterocycles. The van der Waals surface area contributed by atoms with Gasteiger partial charge in [0.25, 0.3) is 0 Å². The van der Waals surface area contributed by atoms with Gasteiger partial charge in [-0.3, -0.25) is 4.79 Å². The monoisotopic (exact) mass is 432 g/mol. The van der Waals surface area contributed by atoms with Gasteiger partial charge in [0, 0.05) is 37.7 Å². The zero-order valence-electron chi connectivity index (χ0n) is 17.3. The number of methoxy groups -OCH3 is 2. The van der Waals surface area contributed by atoms with Gasteiger partial charge in [-0.05, 0) is 43.0 Å². The molecule has 162 valence electrons. The number of carbonyl (C=O) groups excluding carboxylic acids is 1. The Bertz CT molecular complexity index is 955. The highest BCUT2D eigenvalue weighted by atomic mass is 32.2. The molecule has 1 saturated heterocycles. The average molecular weight is 433 g/mol. The summed E-state index contributed by atoms with van der Waals surface area (Å²) >= 11 is 0. The molecule has 1 amide bonds. The van der Waals surface area contributed by atoms with Gasteiger partial charge in [-0.1, -0.05) is 18.2 Å². The Kier molecular flexibility index (Phi) is 7.33. The first-order chi connectivity index (χ1) is 14.4. The second kappa shape index (κ2) is 9.95. The first-order valence-corrected chi connectivity index (χ1v) is 11.4. The highest BCUT2D eigenvalue weighted by Crippen LogP contribution is 2.26. The van der Waals surface area contributed by atoms with Crippen molar-refractivity contribution in [1.82, 2.24) is 9.62 Å². The second-order valence-corrected chi connectivity index (χ2v) is 9.26. The quantitative estimate of drug-likeness (QED) is 0.693. The largest absolute Gasteiger partial charge is 0.497 e. The molecule has 0 atom stereocenters. The van der Waals surface area contributed by atoms with Crippen molar-refractivity contribution in [3.8, 4) is 11.5 Å². The molecule has 1 N–H and O–H groups in total. The van der Waals surface area contributed by atoms with Crippen LogP contribution in [0.25, 0.3) is 0 Å². The van der Waals surface area contributed by atoms with Crippen molar-refractivity contribution in [1.29, 1.82) is 0 Å². The van der Waals surface area contributed by atoms with Gasteiger partial charge in [0.2, 0.25) is 15.9 Å². The number of ether oxygens (including phenoxy) is 2. The molecule has 0 aromatic heterocycles. The molecule has 3 rings (SSSR count). The molecule has 0 bridgehead atoms. The minimum atomic E-state index is -3.47. The Morgan fingerprint density at radius 1 is 1.07 bits per heavy atom. The number of amides is 1. The number of nitrogens with zero attached hydrogens (tertiary/aromatic N) is 1. The SMILES string of the molecule is COc1ccc(CNC(=O)CC2CCN(S(=O)(=O)c3ccccc3)CC2)c(OC)c1. The van der Waals surface area contributed by atoms with Crippen molar-refractivity contribution < 1.29 is 22.7 Å². The van der Waals surface area contributed by atoms with E-state index in [4.69, 9.17) is 9.47 Å². The summed E-state index contributed by atoms with van der Waals surface area (Å²) in [6, 6.07) is 13.9. The van der Waals surface area contributed by atoms with Gasteiger partial charge >= 0.3 is 0 Å². The van der Waals surface area contributed by atoms with Crippen molar-refractivity contribution in [3.05, 3.63) is 54.1 Å². The van der Waals surface area contributed by atoms with E-state index in [1.807, 2.05) is 12.1 Å². The van der Waals surface area contributed by atoms with Gasteiger partial charge in [0.05, 0.1) is 19.1 Å². The summed E-state index contributed by atoms with van der Waals surface area (Å²) in [6.07, 6.45) is 1.73. The van der Waals surface area contributed by atoms with Crippen LogP contribution in [-0.4, -0.2) is 45.9 Å². The molecule has 0 aliphatic carbocycles. The van der Waals surface area contributed by atoms with Crippen LogP contribution in [-0.2, 0) is 21.4 Å². The van der Waals surface area contributed by atoms with Crippen molar-refractivity contribution >= 4 is 15.9 Å². The Morgan fingerprint density at radius 2 is 1.77 bits per heavy atom. The minimum absolute atomic E-state index is 0.0442. The topological polar surface area (TPSA) is 84.9 Å². The lowest BCUT2D eigenvalue weighted by Crippen LogP contribution is -2.39. The molecule has 0 radical (unpaired) electrons. The van der Waals surface area contributed by atoms with E-state index >= 15 is 0 Å². The number of nitrogens with one attached hydrogen (secondary N) is 1. The van der Waals surface area contributed by atoms with Crippen molar-refractivity contribution in [3.63, 3.8) is 0 Å². The van der Waals surface area contributed by atoms with E-state index in [2.05, 4.69) is 5.32 Å². The zero-order valence-corrected chi connectivity index (χ0v) is 18.2. The highest BCUT2D eigenvalue weighted by Gasteiger charge is 2.30. The Labute approximate surface area is 178 Å². The molecule has 1 heterocycles. The van der Waals surface area contributed by atoms with Crippen LogP contribution >= 0.6 is 0 Å². The number of benzene rings is 2. The fourth-order valence-electron chi connectivity index (χ4n) is 3.62. The Morgan fingerprint density at radius 3 is 2.40 bits per heavy atom. The third-order valence-corrected chi connectivity index (χ3v) is 7.31. The average Bonchev–Trinajstić information content (AvgIpc) is 2.78. The molecular weight excluding hydrogens is 404 g/mol. The predicted molar refractivity (Wildman–Crippen MR) is 114 cm³/mol. The molecule has 0 unspecified atom stereocenters. The number of piperidine rings is 1. The number of hydrogen-bond donors (Lipinski definition) is 1. The first kappa shape index (κ1) is 22.1. The van der Waals surface area contributed by atoms with E-state index in [-0.39, 0.29) is 11.8 Å². The summed E-state index contributed by atoms with van der Waals surface area (Å²) in [5, 5.41) is 2.93. The van der Waals surface area contributed by atoms with Crippen LogP contribution in [0.4, 0.5) is 0 Å². The maximum absolute atomic E-state index is 12.7. The van der Waals surface area contributed by atoms with Crippen LogP contribution in [0.1, 0.15) is 24.8 Å². The van der Waals surface area contributed by atoms with Gasteiger partial charge in [0.15, 0.2) is 0 Å². The predicted octanol–water partition coefficient (Wildman–Crippen LogP) is 2.81. The summed E-state index contributed by atoms with van der Waals surface area (Å²) in [7, 11) is -0.294. The van der Waals surface area contributed by atoms with Gasteiger partial charge in [-0.25, -0.2) is 8.42 Å². The standard InChI is InChI=1S/C22H28N2O5S/c1-28-19-9-8-18(21(15-19)29-2)16-23-22(25)14-17-10-12-24(13-11-17)30(26,27)20-6-4-3-5-7-20/h3-9,15,17H,10-14,16H2,1-2H3,(H,23,25). The normalized spacial score (nSPS) is 15.5. The Balaban J connectivity index is 1.49. The van der Waals surface area contributed by atoms with Gasteiger partial charge in [0.1, 0.15) is 11.5 Å². The minimum Gasteiger partial charge on any atom is -0.497 e. The molecule has 1 aliphatic rings. The van der Waals surface area contributed by atoms with E-state index in [1.165, 1.54) is 4.31 Å². The van der Waals surface area contributed by atoms with Crippen LogP contribution in [0.2, 0.25) is 0 Å². The van der Waals surface area contributed by atoms with E-state index in [1.54, 1.807) is 50.6 Å². The maximum Gasteiger partial charge on any atom is 0.243 e. The van der Waals surface area contributed by atoms with Crippen LogP contribution in [0.3, 0.4) is 0 Å². The molecule has 30 heavy (non-hydrogen) atoms. The summed E-state index contributed by atoms with van der Waals surface area (Å²) in [5.41, 5.74) is 0.871. The van der Waals surface area contributed by atoms with E-state index < -0.39 is 10.0 Å². The van der Waals surface area contributed by atoms with Gasteiger partial charge in [-0.15, -0.1) is 0 Å². The molecule has 2 aromatic rings. The second-order valence-electron chi connectivity index (χ2n) is 7.32. The molecule has 0 saturated carbocycles. The third kappa shape index (κ3) is 5.31. The number of carbonyl (C=O) groups is 1. The van der Waals surface area contributed by atoms with Crippen molar-refractivity contribution in [2.75, 3.05) is 27.3 Å². The molecular formula is C22H28N2O5S. The van der Waals surface area contributed by atoms with Crippen molar-refractivity contribution in [2.45, 2.75) is 30.7 Å². The van der Waals surface area contributed by atoms with Crippen LogP contribution in [0.15, 0.2) is 53.4 Å². The fourth-order valence-corrected chi connectivity index (χ4v) is 5.11. The summed E-state index contributed by atoms with van der Waals surface area (Å²) in [6.45, 7) is 1.23. The first-order valence-electron chi connectivity index (χ1n) is 9.97. The molecule has 8 heteroatoms. The fraction of sp³-hybridized carbons (Fsp3) is 0.409. The molecule has 0 spiro atoms. The van der Waals surface area contributed by atoms with E-state index in [0.717, 1.165) is 5.56 Å². The smallest absolute Gasteiger partial charge is 0.243 e. The third-order valence-electron chi connectivity index (χ3n) is 5.40. The number of rotatable bonds is 8. The van der Waals surface area contributed by atoms with Crippen molar-refractivity contribution in [2.24, 2.45) is 5.92 Å². The lowest BCUT2D eigenvalue weighted by Gasteiger charge is -2.31. The number of sulfonamides is 1. The van der Waals surface area contributed by atoms with Crippen LogP contribution in [0, 0.1) is 5.92 Å². The summed E-state index contributed by atoms with van der Waals surface area (Å²) in [5.74, 6) is 1.48. The summed E-state index contributed by atoms with van der Waals surface area (Å²) < 4.78 is 37.5. The number of hydrogen-bond acceptors (Lipinski definition) is 5. The van der Waals surface area contributed by atoms with Crippen LogP contribution < -0.4 is 14.8 Å². The van der Waals surface area contributed by atoms with Gasteiger partial charge < -0.3 is 14.8 Å². The zero-order chi connectivity index (χ0) is 21.6. The van der Waals surface area contributed by atoms with E-state index in [0.29, 0.717) is 55.3 Å². The molecule has 7 nitrogen and oxygen atoms in total. The highest BCUT2D eigenvalue weighted by molar-refractivity contribution is 7.89. The van der Waals surface area contributed by atoms with E-state index in [9.17, 15) is 13.2 Å². The molecule has 2 aromatic carbocycles. The summed E-state index contributed by atoms with van der Waals surface area (Å²) in [4.78, 5) is 12.7. The van der Waals surface area contributed by atoms with Gasteiger partial charge in [-0.2, -0.15) is 4.31 Å². The Hall–Kier alpha value is -2.58. The molecule has 1 fully saturated rings. The lowest BCUT2D eigenvalue weighted by molar-refractivity contribution is -0.122.